The highest BCUT2D eigenvalue weighted by Gasteiger charge is 2.38. The fourth-order valence-corrected chi connectivity index (χ4v) is 3.10. The van der Waals surface area contributed by atoms with Gasteiger partial charge in [0, 0.05) is 21.3 Å². The second-order valence-electron chi connectivity index (χ2n) is 6.16. The summed E-state index contributed by atoms with van der Waals surface area (Å²) in [5, 5.41) is 8.12. The Labute approximate surface area is 170 Å². The number of nitrogens with zero attached hydrogens (tertiary/aromatic N) is 2. The van der Waals surface area contributed by atoms with Crippen molar-refractivity contribution in [2.45, 2.75) is 6.18 Å². The van der Waals surface area contributed by atoms with Gasteiger partial charge < -0.3 is 9.84 Å². The van der Waals surface area contributed by atoms with Crippen LogP contribution in [0.5, 0.6) is 0 Å². The smallest absolute Gasteiger partial charge is 0.329 e. The van der Waals surface area contributed by atoms with Gasteiger partial charge in [0.15, 0.2) is 0 Å². The fourth-order valence-electron chi connectivity index (χ4n) is 2.72. The van der Waals surface area contributed by atoms with Crippen molar-refractivity contribution in [1.82, 2.24) is 10.1 Å². The highest BCUT2D eigenvalue weighted by molar-refractivity contribution is 9.10. The highest BCUT2D eigenvalue weighted by atomic mass is 79.9. The van der Waals surface area contributed by atoms with Crippen molar-refractivity contribution >= 4 is 38.3 Å². The van der Waals surface area contributed by atoms with E-state index in [4.69, 9.17) is 0 Å². The van der Waals surface area contributed by atoms with Gasteiger partial charge in [-0.1, -0.05) is 45.4 Å². The Morgan fingerprint density at radius 2 is 1.66 bits per heavy atom. The average molecular weight is 462 g/mol. The average Bonchev–Trinajstić information content (AvgIpc) is 3.19. The number of rotatable bonds is 3. The Morgan fingerprint density at radius 3 is 2.34 bits per heavy atom. The minimum atomic E-state index is -4.71. The maximum Gasteiger partial charge on any atom is 0.471 e. The molecule has 0 aliphatic rings. The van der Waals surface area contributed by atoms with Crippen LogP contribution in [-0.4, -0.2) is 16.0 Å². The van der Waals surface area contributed by atoms with Crippen molar-refractivity contribution in [1.29, 1.82) is 0 Å². The Hall–Kier alpha value is -3.20. The van der Waals surface area contributed by atoms with Crippen LogP contribution >= 0.6 is 15.9 Å². The zero-order valence-corrected chi connectivity index (χ0v) is 16.1. The largest absolute Gasteiger partial charge is 0.471 e. The summed E-state index contributed by atoms with van der Waals surface area (Å²) in [5.41, 5.74) is 1.27. The van der Waals surface area contributed by atoms with Crippen molar-refractivity contribution in [3.8, 4) is 11.4 Å². The number of carbonyl (C=O) groups is 1. The van der Waals surface area contributed by atoms with E-state index in [2.05, 4.69) is 35.9 Å². The summed E-state index contributed by atoms with van der Waals surface area (Å²) in [6.45, 7) is 0. The summed E-state index contributed by atoms with van der Waals surface area (Å²) in [5.74, 6) is -1.97. The minimum absolute atomic E-state index is 0.204. The van der Waals surface area contributed by atoms with Crippen LogP contribution in [0.1, 0.15) is 16.2 Å². The SMILES string of the molecule is O=C(Nc1ccc2cc(Br)ccc2c1)c1ccc(-c2noc(C(F)(F)F)n2)cc1. The van der Waals surface area contributed by atoms with E-state index in [0.29, 0.717) is 16.8 Å². The number of carbonyl (C=O) groups excluding carboxylic acids is 1. The molecule has 29 heavy (non-hydrogen) atoms. The van der Waals surface area contributed by atoms with E-state index in [0.717, 1.165) is 15.2 Å². The number of amides is 1. The van der Waals surface area contributed by atoms with E-state index in [-0.39, 0.29) is 11.7 Å². The van der Waals surface area contributed by atoms with E-state index in [1.165, 1.54) is 24.3 Å². The molecule has 0 radical (unpaired) electrons. The molecule has 9 heteroatoms. The normalized spacial score (nSPS) is 11.6. The predicted octanol–water partition coefficient (Wildman–Crippen LogP) is 5.92. The fraction of sp³-hybridized carbons (Fsp3) is 0.0500. The van der Waals surface area contributed by atoms with Crippen LogP contribution in [0.2, 0.25) is 0 Å². The van der Waals surface area contributed by atoms with Gasteiger partial charge in [0.2, 0.25) is 5.82 Å². The predicted molar refractivity (Wildman–Crippen MR) is 104 cm³/mol. The molecule has 1 aromatic heterocycles. The van der Waals surface area contributed by atoms with Gasteiger partial charge in [-0.2, -0.15) is 18.2 Å². The minimum Gasteiger partial charge on any atom is -0.329 e. The van der Waals surface area contributed by atoms with Crippen LogP contribution < -0.4 is 5.32 Å². The van der Waals surface area contributed by atoms with Gasteiger partial charge in [0.1, 0.15) is 0 Å². The number of benzene rings is 3. The lowest BCUT2D eigenvalue weighted by atomic mass is 10.1. The van der Waals surface area contributed by atoms with Crippen molar-refractivity contribution in [3.63, 3.8) is 0 Å². The number of fused-ring (bicyclic) bond motifs is 1. The first-order valence-electron chi connectivity index (χ1n) is 8.32. The van der Waals surface area contributed by atoms with Gasteiger partial charge in [0.25, 0.3) is 5.91 Å². The van der Waals surface area contributed by atoms with Crippen LogP contribution in [0.25, 0.3) is 22.2 Å². The number of aromatic nitrogens is 2. The van der Waals surface area contributed by atoms with Gasteiger partial charge in [-0.05, 0) is 47.2 Å². The molecule has 1 N–H and O–H groups in total. The van der Waals surface area contributed by atoms with E-state index in [1.807, 2.05) is 30.3 Å². The maximum absolute atomic E-state index is 12.6. The Balaban J connectivity index is 1.51. The molecule has 0 bridgehead atoms. The molecular formula is C20H11BrF3N3O2. The second kappa shape index (κ2) is 7.32. The molecule has 0 aliphatic carbocycles. The molecule has 1 amide bonds. The zero-order valence-electron chi connectivity index (χ0n) is 14.5. The molecule has 0 saturated carbocycles. The first kappa shape index (κ1) is 19.1. The Morgan fingerprint density at radius 1 is 0.966 bits per heavy atom. The summed E-state index contributed by atoms with van der Waals surface area (Å²) in [6.07, 6.45) is -4.71. The molecule has 0 unspecified atom stereocenters. The molecular weight excluding hydrogens is 451 g/mol. The lowest BCUT2D eigenvalue weighted by Crippen LogP contribution is -2.11. The Bertz CT molecular complexity index is 1200. The monoisotopic (exact) mass is 461 g/mol. The van der Waals surface area contributed by atoms with Crippen molar-refractivity contribution < 1.29 is 22.5 Å². The molecule has 5 nitrogen and oxygen atoms in total. The number of halogens is 4. The summed E-state index contributed by atoms with van der Waals surface area (Å²) < 4.78 is 42.9. The molecule has 4 rings (SSSR count). The third-order valence-electron chi connectivity index (χ3n) is 4.13. The van der Waals surface area contributed by atoms with E-state index in [9.17, 15) is 18.0 Å². The van der Waals surface area contributed by atoms with Crippen LogP contribution in [0, 0.1) is 0 Å². The highest BCUT2D eigenvalue weighted by Crippen LogP contribution is 2.29. The summed E-state index contributed by atoms with van der Waals surface area (Å²) >= 11 is 3.42. The summed E-state index contributed by atoms with van der Waals surface area (Å²) in [4.78, 5) is 15.8. The standard InChI is InChI=1S/C20H11BrF3N3O2/c21-15-7-5-14-10-16(8-6-13(14)9-15)25-18(28)12-3-1-11(2-4-12)17-26-19(29-27-17)20(22,23)24/h1-10H,(H,25,28). The first-order chi connectivity index (χ1) is 13.8. The van der Waals surface area contributed by atoms with Gasteiger partial charge in [-0.25, -0.2) is 0 Å². The maximum atomic E-state index is 12.6. The number of alkyl halides is 3. The van der Waals surface area contributed by atoms with E-state index in [1.54, 1.807) is 6.07 Å². The molecule has 146 valence electrons. The number of hydrogen-bond donors (Lipinski definition) is 1. The van der Waals surface area contributed by atoms with Gasteiger partial charge in [0.05, 0.1) is 0 Å². The van der Waals surface area contributed by atoms with Crippen LogP contribution in [0.15, 0.2) is 69.7 Å². The van der Waals surface area contributed by atoms with Gasteiger partial charge in [-0.3, -0.25) is 4.79 Å². The molecule has 0 saturated heterocycles. The summed E-state index contributed by atoms with van der Waals surface area (Å²) in [6, 6.07) is 17.2. The Kier molecular flexibility index (Phi) is 4.83. The van der Waals surface area contributed by atoms with E-state index < -0.39 is 12.1 Å². The number of anilines is 1. The topological polar surface area (TPSA) is 68.0 Å². The van der Waals surface area contributed by atoms with Gasteiger partial charge in [-0.15, -0.1) is 0 Å². The first-order valence-corrected chi connectivity index (χ1v) is 9.11. The summed E-state index contributed by atoms with van der Waals surface area (Å²) in [7, 11) is 0. The lowest BCUT2D eigenvalue weighted by Gasteiger charge is -2.07. The van der Waals surface area contributed by atoms with Crippen LogP contribution in [-0.2, 0) is 6.18 Å². The lowest BCUT2D eigenvalue weighted by molar-refractivity contribution is -0.159. The molecule has 0 spiro atoms. The quantitative estimate of drug-likeness (QED) is 0.410. The molecule has 3 aromatic carbocycles. The van der Waals surface area contributed by atoms with Crippen molar-refractivity contribution in [2.75, 3.05) is 5.32 Å². The molecule has 0 fully saturated rings. The van der Waals surface area contributed by atoms with Crippen LogP contribution in [0.3, 0.4) is 0 Å². The van der Waals surface area contributed by atoms with Crippen molar-refractivity contribution in [2.24, 2.45) is 0 Å². The third kappa shape index (κ3) is 4.14. The zero-order chi connectivity index (χ0) is 20.6. The van der Waals surface area contributed by atoms with Gasteiger partial charge >= 0.3 is 12.1 Å². The number of nitrogens with one attached hydrogen (secondary N) is 1. The molecule has 4 aromatic rings. The molecule has 1 heterocycles. The van der Waals surface area contributed by atoms with E-state index >= 15 is 0 Å². The molecule has 0 aliphatic heterocycles. The third-order valence-corrected chi connectivity index (χ3v) is 4.63. The van der Waals surface area contributed by atoms with Crippen LogP contribution in [0.4, 0.5) is 18.9 Å². The molecule has 0 atom stereocenters. The van der Waals surface area contributed by atoms with Crippen molar-refractivity contribution in [3.05, 3.63) is 76.6 Å². The second-order valence-corrected chi connectivity index (χ2v) is 7.07. The number of hydrogen-bond acceptors (Lipinski definition) is 4.